The summed E-state index contributed by atoms with van der Waals surface area (Å²) >= 11 is 12.3. The van der Waals surface area contributed by atoms with Gasteiger partial charge in [0, 0.05) is 47.8 Å². The van der Waals surface area contributed by atoms with Crippen molar-refractivity contribution in [1.82, 2.24) is 14.5 Å². The summed E-state index contributed by atoms with van der Waals surface area (Å²) in [6.07, 6.45) is 0.584. The molecule has 6 rings (SSSR count). The van der Waals surface area contributed by atoms with E-state index in [1.54, 1.807) is 11.8 Å². The minimum atomic E-state index is -2.69. The smallest absolute Gasteiger partial charge is 0.407 e. The first kappa shape index (κ1) is 37.9. The number of nitrogens with zero attached hydrogens (tertiary/aromatic N) is 4. The molecule has 8 nitrogen and oxygen atoms in total. The molecule has 3 atom stereocenters. The average Bonchev–Trinajstić information content (AvgIpc) is 3.08. The van der Waals surface area contributed by atoms with Gasteiger partial charge in [-0.2, -0.15) is 4.98 Å². The van der Waals surface area contributed by atoms with E-state index < -0.39 is 14.4 Å². The van der Waals surface area contributed by atoms with Crippen LogP contribution in [0.5, 0.6) is 0 Å². The summed E-state index contributed by atoms with van der Waals surface area (Å²) < 4.78 is 9.84. The standard InChI is InChI=1S/C39H48BrClN4O4SSi/c1-25-22-43(37(47)48)23-31(38(2,3)4)44(25)35-29-21-30(41)32(40)34-33(29)45(36(46)42-35)26(24-50-34)15-14-20-49-51(39(5,6)7,27-16-10-8-11-17-27)28-18-12-9-13-19-28/h8-13,16-19,21,25-26,31H,14-15,20,22-24H2,1-7H3,(H,47,48)/t25?,26-,31?/m1/s1. The number of thioether (sulfide) groups is 1. The van der Waals surface area contributed by atoms with Gasteiger partial charge >= 0.3 is 11.8 Å². The Kier molecular flexibility index (Phi) is 10.8. The van der Waals surface area contributed by atoms with Gasteiger partial charge in [-0.15, -0.1) is 11.8 Å². The van der Waals surface area contributed by atoms with Gasteiger partial charge in [0.05, 0.1) is 21.1 Å². The lowest BCUT2D eigenvalue weighted by Crippen LogP contribution is -2.66. The average molecular weight is 812 g/mol. The van der Waals surface area contributed by atoms with Gasteiger partial charge in [0.2, 0.25) is 0 Å². The monoisotopic (exact) mass is 810 g/mol. The zero-order chi connectivity index (χ0) is 36.9. The molecule has 1 aromatic heterocycles. The number of halogens is 2. The fraction of sp³-hybridized carbons (Fsp3) is 0.462. The molecule has 1 amide bonds. The highest BCUT2D eigenvalue weighted by Crippen LogP contribution is 2.47. The quantitative estimate of drug-likeness (QED) is 0.141. The van der Waals surface area contributed by atoms with Gasteiger partial charge in [-0.1, -0.05) is 114 Å². The Bertz CT molecular complexity index is 1930. The summed E-state index contributed by atoms with van der Waals surface area (Å²) in [7, 11) is -2.69. The van der Waals surface area contributed by atoms with Crippen LogP contribution in [0.1, 0.15) is 67.3 Å². The van der Waals surface area contributed by atoms with Crippen molar-refractivity contribution in [3.63, 3.8) is 0 Å². The maximum atomic E-state index is 14.3. The molecule has 0 aliphatic carbocycles. The second kappa shape index (κ2) is 14.5. The molecule has 51 heavy (non-hydrogen) atoms. The molecule has 1 fully saturated rings. The van der Waals surface area contributed by atoms with Crippen molar-refractivity contribution in [3.8, 4) is 0 Å². The Morgan fingerprint density at radius 3 is 2.20 bits per heavy atom. The first-order valence-electron chi connectivity index (χ1n) is 17.6. The van der Waals surface area contributed by atoms with Crippen molar-refractivity contribution in [3.05, 3.63) is 86.7 Å². The predicted molar refractivity (Wildman–Crippen MR) is 216 cm³/mol. The van der Waals surface area contributed by atoms with Crippen LogP contribution in [-0.2, 0) is 4.43 Å². The summed E-state index contributed by atoms with van der Waals surface area (Å²) in [5.41, 5.74) is 0.231. The van der Waals surface area contributed by atoms with E-state index >= 15 is 0 Å². The minimum Gasteiger partial charge on any atom is -0.465 e. The summed E-state index contributed by atoms with van der Waals surface area (Å²) in [5.74, 6) is 1.27. The molecule has 2 unspecified atom stereocenters. The third-order valence-electron chi connectivity index (χ3n) is 10.4. The fourth-order valence-electron chi connectivity index (χ4n) is 8.03. The molecule has 3 aromatic carbocycles. The Morgan fingerprint density at radius 2 is 1.65 bits per heavy atom. The van der Waals surface area contributed by atoms with E-state index in [-0.39, 0.29) is 34.3 Å². The van der Waals surface area contributed by atoms with Crippen molar-refractivity contribution in [1.29, 1.82) is 0 Å². The van der Waals surface area contributed by atoms with Gasteiger partial charge < -0.3 is 19.3 Å². The van der Waals surface area contributed by atoms with E-state index in [0.717, 1.165) is 33.1 Å². The highest BCUT2D eigenvalue weighted by molar-refractivity contribution is 9.10. The molecule has 3 heterocycles. The Labute approximate surface area is 319 Å². The molecule has 2 aliphatic rings. The van der Waals surface area contributed by atoms with Crippen molar-refractivity contribution in [2.24, 2.45) is 5.41 Å². The molecular formula is C39H48BrClN4O4SSi. The Balaban J connectivity index is 1.36. The topological polar surface area (TPSA) is 87.9 Å². The van der Waals surface area contributed by atoms with E-state index in [9.17, 15) is 14.7 Å². The third-order valence-corrected chi connectivity index (χ3v) is 18.3. The molecule has 0 saturated carbocycles. The van der Waals surface area contributed by atoms with Crippen LogP contribution in [0.25, 0.3) is 10.9 Å². The number of carbonyl (C=O) groups is 1. The van der Waals surface area contributed by atoms with Crippen LogP contribution >= 0.6 is 39.3 Å². The summed E-state index contributed by atoms with van der Waals surface area (Å²) in [4.78, 5) is 35.8. The SMILES string of the molecule is CC1CN(C(=O)O)CC(C(C)(C)C)N1c1nc(=O)n2c3c(c(Br)c(Cl)cc13)SC[C@H]2CCCO[Si](c1ccccc1)(c1ccccc1)C(C)(C)C. The number of rotatable bonds is 8. The molecule has 1 N–H and O–H groups in total. The number of hydrogen-bond acceptors (Lipinski definition) is 6. The van der Waals surface area contributed by atoms with Crippen molar-refractivity contribution >= 4 is 80.8 Å². The molecule has 0 bridgehead atoms. The molecule has 4 aromatic rings. The Morgan fingerprint density at radius 1 is 1.04 bits per heavy atom. The second-order valence-corrected chi connectivity index (χ2v) is 22.5. The van der Waals surface area contributed by atoms with E-state index in [1.165, 1.54) is 15.3 Å². The lowest BCUT2D eigenvalue weighted by Gasteiger charge is -2.50. The number of carboxylic acid groups (broad SMARTS) is 1. The molecule has 2 aliphatic heterocycles. The first-order chi connectivity index (χ1) is 24.1. The van der Waals surface area contributed by atoms with E-state index in [0.29, 0.717) is 36.3 Å². The zero-order valence-electron chi connectivity index (χ0n) is 30.5. The van der Waals surface area contributed by atoms with Crippen LogP contribution in [0.4, 0.5) is 10.6 Å². The third kappa shape index (κ3) is 7.01. The molecule has 0 radical (unpaired) electrons. The molecule has 272 valence electrons. The van der Waals surface area contributed by atoms with E-state index in [2.05, 4.69) is 123 Å². The second-order valence-electron chi connectivity index (χ2n) is 15.9. The Hall–Kier alpha value is -2.83. The number of aromatic nitrogens is 2. The van der Waals surface area contributed by atoms with Crippen LogP contribution in [-0.4, -0.2) is 71.5 Å². The van der Waals surface area contributed by atoms with Crippen molar-refractivity contribution in [2.75, 3.05) is 30.3 Å². The molecule has 12 heteroatoms. The van der Waals surface area contributed by atoms with E-state index in [4.69, 9.17) is 21.0 Å². The maximum absolute atomic E-state index is 14.3. The summed E-state index contributed by atoms with van der Waals surface area (Å²) in [6.45, 7) is 16.4. The lowest BCUT2D eigenvalue weighted by molar-refractivity contribution is 0.107. The normalized spacial score (nSPS) is 19.8. The van der Waals surface area contributed by atoms with Gasteiger partial charge in [-0.05, 0) is 62.6 Å². The van der Waals surface area contributed by atoms with Gasteiger partial charge in [0.15, 0.2) is 0 Å². The van der Waals surface area contributed by atoms with Crippen molar-refractivity contribution < 1.29 is 14.3 Å². The lowest BCUT2D eigenvalue weighted by atomic mass is 9.83. The van der Waals surface area contributed by atoms with Gasteiger partial charge in [-0.25, -0.2) is 9.59 Å². The maximum Gasteiger partial charge on any atom is 0.407 e. The van der Waals surface area contributed by atoms with Crippen LogP contribution in [0.15, 0.2) is 80.9 Å². The number of piperazine rings is 1. The van der Waals surface area contributed by atoms with Crippen LogP contribution in [0.3, 0.4) is 0 Å². The van der Waals surface area contributed by atoms with Gasteiger partial charge in [0.25, 0.3) is 8.32 Å². The zero-order valence-corrected chi connectivity index (χ0v) is 34.6. The minimum absolute atomic E-state index is 0.0884. The number of benzene rings is 3. The largest absolute Gasteiger partial charge is 0.465 e. The first-order valence-corrected chi connectivity index (χ1v) is 21.7. The van der Waals surface area contributed by atoms with Gasteiger partial charge in [-0.3, -0.25) is 4.57 Å². The predicted octanol–water partition coefficient (Wildman–Crippen LogP) is 8.42. The van der Waals surface area contributed by atoms with Crippen molar-refractivity contribution in [2.45, 2.75) is 89.4 Å². The summed E-state index contributed by atoms with van der Waals surface area (Å²) in [6, 6.07) is 22.7. The number of amides is 1. The molecular weight excluding hydrogens is 764 g/mol. The highest BCUT2D eigenvalue weighted by Gasteiger charge is 2.50. The summed E-state index contributed by atoms with van der Waals surface area (Å²) in [5, 5.41) is 13.7. The molecule has 1 saturated heterocycles. The number of hydrogen-bond donors (Lipinski definition) is 1. The molecule has 0 spiro atoms. The highest BCUT2D eigenvalue weighted by atomic mass is 79.9. The van der Waals surface area contributed by atoms with E-state index in [1.807, 2.05) is 17.6 Å². The van der Waals surface area contributed by atoms with Crippen LogP contribution in [0.2, 0.25) is 10.1 Å². The fourth-order valence-corrected chi connectivity index (χ4v) is 14.8. The van der Waals surface area contributed by atoms with Crippen LogP contribution in [0, 0.1) is 5.41 Å². The van der Waals surface area contributed by atoms with Gasteiger partial charge in [0.1, 0.15) is 5.82 Å². The van der Waals surface area contributed by atoms with Crippen LogP contribution < -0.4 is 21.0 Å². The number of anilines is 1.